The predicted molar refractivity (Wildman–Crippen MR) is 121 cm³/mol. The smallest absolute Gasteiger partial charge is 0.338 e. The van der Waals surface area contributed by atoms with E-state index >= 15 is 0 Å². The van der Waals surface area contributed by atoms with Crippen molar-refractivity contribution in [3.63, 3.8) is 0 Å². The van der Waals surface area contributed by atoms with E-state index < -0.39 is 29.8 Å². The van der Waals surface area contributed by atoms with Gasteiger partial charge in [0.1, 0.15) is 5.92 Å². The third-order valence-corrected chi connectivity index (χ3v) is 5.72. The highest BCUT2D eigenvalue weighted by atomic mass is 16.5. The number of esters is 1. The molecule has 1 aliphatic rings. The van der Waals surface area contributed by atoms with Crippen molar-refractivity contribution in [1.82, 2.24) is 4.90 Å². The lowest BCUT2D eigenvalue weighted by atomic mass is 9.83. The molecule has 1 N–H and O–H groups in total. The minimum Gasteiger partial charge on any atom is -0.462 e. The lowest BCUT2D eigenvalue weighted by molar-refractivity contribution is -0.142. The van der Waals surface area contributed by atoms with Gasteiger partial charge in [0.15, 0.2) is 12.0 Å². The summed E-state index contributed by atoms with van der Waals surface area (Å²) in [5.74, 6) is -2.66. The molecule has 0 fully saturated rings. The molecule has 33 heavy (non-hydrogen) atoms. The number of carbonyl (C=O) groups excluding carboxylic acids is 3. The van der Waals surface area contributed by atoms with Crippen LogP contribution < -0.4 is 0 Å². The van der Waals surface area contributed by atoms with E-state index in [2.05, 4.69) is 0 Å². The fourth-order valence-electron chi connectivity index (χ4n) is 3.73. The topological polar surface area (TPSA) is 108 Å². The van der Waals surface area contributed by atoms with E-state index in [0.29, 0.717) is 11.1 Å². The van der Waals surface area contributed by atoms with Gasteiger partial charge in [-0.3, -0.25) is 9.59 Å². The number of nitrogens with zero attached hydrogens (tertiary/aromatic N) is 2. The number of carbonyl (C=O) groups is 3. The number of rotatable bonds is 7. The first-order valence-electron chi connectivity index (χ1n) is 10.7. The van der Waals surface area contributed by atoms with Gasteiger partial charge in [-0.05, 0) is 44.9 Å². The van der Waals surface area contributed by atoms with Gasteiger partial charge >= 0.3 is 5.97 Å². The number of aliphatic hydroxyl groups excluding tert-OH is 1. The summed E-state index contributed by atoms with van der Waals surface area (Å²) in [6.07, 6.45) is -1.21. The highest BCUT2D eigenvalue weighted by Crippen LogP contribution is 2.31. The summed E-state index contributed by atoms with van der Waals surface area (Å²) in [5, 5.41) is 20.1. The molecule has 3 rings (SSSR count). The number of benzene rings is 2. The number of hydrogen-bond donors (Lipinski definition) is 1. The lowest BCUT2D eigenvalue weighted by Crippen LogP contribution is -2.51. The van der Waals surface area contributed by atoms with Crippen LogP contribution >= 0.6 is 0 Å². The monoisotopic (exact) mass is 446 g/mol. The summed E-state index contributed by atoms with van der Waals surface area (Å²) in [5.41, 5.74) is 3.02. The van der Waals surface area contributed by atoms with Crippen LogP contribution in [0.4, 0.5) is 0 Å². The fraction of sp³-hybridized carbons (Fsp3) is 0.308. The number of nitriles is 1. The fourth-order valence-corrected chi connectivity index (χ4v) is 3.73. The second kappa shape index (κ2) is 10.2. The van der Waals surface area contributed by atoms with Gasteiger partial charge in [-0.1, -0.05) is 47.5 Å². The Balaban J connectivity index is 1.70. The quantitative estimate of drug-likeness (QED) is 0.302. The SMILES string of the molecule is CC1=C(C#N)[C@@H](O)N(CCCOC(=O)c2ccc(C)cc2)C(=O)[C@@H]1C(=O)c1ccc(C)cc1. The highest BCUT2D eigenvalue weighted by Gasteiger charge is 2.42. The molecular weight excluding hydrogens is 420 g/mol. The lowest BCUT2D eigenvalue weighted by Gasteiger charge is -2.36. The number of ether oxygens (including phenoxy) is 1. The Morgan fingerprint density at radius 1 is 1.00 bits per heavy atom. The first-order chi connectivity index (χ1) is 15.7. The zero-order valence-electron chi connectivity index (χ0n) is 18.9. The van der Waals surface area contributed by atoms with Crippen LogP contribution in [0.3, 0.4) is 0 Å². The molecule has 0 aromatic heterocycles. The van der Waals surface area contributed by atoms with E-state index in [1.165, 1.54) is 6.92 Å². The Kier molecular flexibility index (Phi) is 7.41. The first kappa shape index (κ1) is 23.9. The second-order valence-electron chi connectivity index (χ2n) is 8.13. The summed E-state index contributed by atoms with van der Waals surface area (Å²) in [6.45, 7) is 5.38. The maximum Gasteiger partial charge on any atom is 0.338 e. The minimum atomic E-state index is -1.45. The molecule has 2 atom stereocenters. The minimum absolute atomic E-state index is 0.0169. The molecule has 0 aliphatic carbocycles. The average molecular weight is 447 g/mol. The van der Waals surface area contributed by atoms with Crippen molar-refractivity contribution in [3.8, 4) is 6.07 Å². The van der Waals surface area contributed by atoms with Crippen LogP contribution in [0.5, 0.6) is 0 Å². The van der Waals surface area contributed by atoms with Crippen molar-refractivity contribution in [1.29, 1.82) is 5.26 Å². The highest BCUT2D eigenvalue weighted by molar-refractivity contribution is 6.13. The number of aliphatic hydroxyl groups is 1. The third kappa shape index (κ3) is 5.18. The van der Waals surface area contributed by atoms with Crippen LogP contribution in [0.2, 0.25) is 0 Å². The molecule has 0 radical (unpaired) electrons. The van der Waals surface area contributed by atoms with E-state index in [9.17, 15) is 24.8 Å². The van der Waals surface area contributed by atoms with Crippen LogP contribution in [0, 0.1) is 31.1 Å². The average Bonchev–Trinajstić information content (AvgIpc) is 2.79. The van der Waals surface area contributed by atoms with Gasteiger partial charge in [0.05, 0.1) is 23.8 Å². The number of amides is 1. The normalized spacial score (nSPS) is 18.2. The first-order valence-corrected chi connectivity index (χ1v) is 10.7. The standard InChI is InChI=1S/C26H26N2O5/c1-16-5-9-19(10-6-16)23(29)22-18(3)21(15-27)24(30)28(25(22)31)13-4-14-33-26(32)20-11-7-17(2)8-12-20/h5-12,22,24,30H,4,13-14H2,1-3H3/t22-,24+/m0/s1. The molecule has 7 nitrogen and oxygen atoms in total. The van der Waals surface area contributed by atoms with Crippen molar-refractivity contribution in [3.05, 3.63) is 81.9 Å². The Labute approximate surface area is 192 Å². The zero-order chi connectivity index (χ0) is 24.1. The summed E-state index contributed by atoms with van der Waals surface area (Å²) in [6, 6.07) is 15.7. The third-order valence-electron chi connectivity index (χ3n) is 5.72. The second-order valence-corrected chi connectivity index (χ2v) is 8.13. The number of Topliss-reactive ketones (excluding diaryl/α,β-unsaturated/α-hetero) is 1. The predicted octanol–water partition coefficient (Wildman–Crippen LogP) is 3.35. The maximum absolute atomic E-state index is 13.2. The Morgan fingerprint density at radius 3 is 2.09 bits per heavy atom. The van der Waals surface area contributed by atoms with Crippen molar-refractivity contribution in [2.45, 2.75) is 33.4 Å². The van der Waals surface area contributed by atoms with E-state index in [1.54, 1.807) is 36.4 Å². The van der Waals surface area contributed by atoms with Crippen molar-refractivity contribution >= 4 is 17.7 Å². The molecule has 0 saturated heterocycles. The van der Waals surface area contributed by atoms with E-state index in [0.717, 1.165) is 16.0 Å². The molecule has 1 heterocycles. The number of aryl methyl sites for hydroxylation is 2. The molecule has 0 spiro atoms. The number of hydrogen-bond acceptors (Lipinski definition) is 6. The summed E-state index contributed by atoms with van der Waals surface area (Å²) in [7, 11) is 0. The summed E-state index contributed by atoms with van der Waals surface area (Å²) >= 11 is 0. The maximum atomic E-state index is 13.2. The Bertz CT molecular complexity index is 1130. The van der Waals surface area contributed by atoms with Gasteiger partial charge in [0.25, 0.3) is 0 Å². The van der Waals surface area contributed by atoms with Crippen molar-refractivity contribution in [2.75, 3.05) is 13.2 Å². The Hall–Kier alpha value is -3.76. The van der Waals surface area contributed by atoms with Gasteiger partial charge in [-0.25, -0.2) is 4.79 Å². The summed E-state index contributed by atoms with van der Waals surface area (Å²) in [4.78, 5) is 39.5. The van der Waals surface area contributed by atoms with Crippen LogP contribution in [-0.4, -0.2) is 47.0 Å². The molecule has 1 amide bonds. The van der Waals surface area contributed by atoms with E-state index in [4.69, 9.17) is 4.74 Å². The molecular formula is C26H26N2O5. The van der Waals surface area contributed by atoms with Gasteiger partial charge in [-0.15, -0.1) is 0 Å². The van der Waals surface area contributed by atoms with Crippen LogP contribution in [-0.2, 0) is 9.53 Å². The molecule has 170 valence electrons. The van der Waals surface area contributed by atoms with Crippen LogP contribution in [0.25, 0.3) is 0 Å². The van der Waals surface area contributed by atoms with E-state index in [-0.39, 0.29) is 30.7 Å². The Morgan fingerprint density at radius 2 is 1.55 bits per heavy atom. The van der Waals surface area contributed by atoms with Crippen LogP contribution in [0.15, 0.2) is 59.7 Å². The van der Waals surface area contributed by atoms with Crippen molar-refractivity contribution < 1.29 is 24.2 Å². The zero-order valence-corrected chi connectivity index (χ0v) is 18.9. The molecule has 0 saturated carbocycles. The van der Waals surface area contributed by atoms with Gasteiger partial charge in [0.2, 0.25) is 5.91 Å². The van der Waals surface area contributed by atoms with E-state index in [1.807, 2.05) is 32.0 Å². The summed E-state index contributed by atoms with van der Waals surface area (Å²) < 4.78 is 5.26. The van der Waals surface area contributed by atoms with Gasteiger partial charge < -0.3 is 14.7 Å². The molecule has 0 unspecified atom stereocenters. The molecule has 2 aromatic carbocycles. The van der Waals surface area contributed by atoms with Gasteiger partial charge in [-0.2, -0.15) is 5.26 Å². The van der Waals surface area contributed by atoms with Crippen LogP contribution in [0.1, 0.15) is 45.2 Å². The molecule has 1 aliphatic heterocycles. The van der Waals surface area contributed by atoms with Crippen molar-refractivity contribution in [2.24, 2.45) is 5.92 Å². The molecule has 2 aromatic rings. The molecule has 7 heteroatoms. The number of ketones is 1. The largest absolute Gasteiger partial charge is 0.462 e. The molecule has 0 bridgehead atoms. The van der Waals surface area contributed by atoms with Gasteiger partial charge in [0, 0.05) is 12.1 Å².